The zero-order chi connectivity index (χ0) is 15.8. The number of benzene rings is 1. The molecule has 1 aromatic rings. The maximum atomic E-state index is 12.3. The fourth-order valence-corrected chi connectivity index (χ4v) is 3.22. The highest BCUT2D eigenvalue weighted by Gasteiger charge is 2.28. The van der Waals surface area contributed by atoms with Crippen LogP contribution in [0.25, 0.3) is 0 Å². The SMILES string of the molecule is CC(C)(C)OC(=O)N1CCC(N)c2cc(Br)cc(Cl)c2C1. The predicted molar refractivity (Wildman–Crippen MR) is 87.3 cm³/mol. The van der Waals surface area contributed by atoms with Crippen molar-refractivity contribution in [3.05, 3.63) is 32.8 Å². The lowest BCUT2D eigenvalue weighted by Gasteiger charge is -2.26. The Morgan fingerprint density at radius 1 is 1.48 bits per heavy atom. The molecule has 2 rings (SSSR count). The summed E-state index contributed by atoms with van der Waals surface area (Å²) < 4.78 is 6.34. The van der Waals surface area contributed by atoms with Crippen LogP contribution in [0.4, 0.5) is 4.79 Å². The highest BCUT2D eigenvalue weighted by atomic mass is 79.9. The lowest BCUT2D eigenvalue weighted by molar-refractivity contribution is 0.0235. The molecule has 1 aliphatic rings. The molecule has 0 spiro atoms. The van der Waals surface area contributed by atoms with E-state index < -0.39 is 5.60 Å². The van der Waals surface area contributed by atoms with Crippen LogP contribution in [0.1, 0.15) is 44.4 Å². The smallest absolute Gasteiger partial charge is 0.410 e. The summed E-state index contributed by atoms with van der Waals surface area (Å²) in [6.07, 6.45) is 0.348. The van der Waals surface area contributed by atoms with Gasteiger partial charge >= 0.3 is 6.09 Å². The van der Waals surface area contributed by atoms with Gasteiger partial charge in [-0.2, -0.15) is 0 Å². The molecule has 116 valence electrons. The van der Waals surface area contributed by atoms with E-state index in [-0.39, 0.29) is 12.1 Å². The van der Waals surface area contributed by atoms with E-state index in [0.717, 1.165) is 15.6 Å². The molecule has 1 amide bonds. The molecule has 0 saturated heterocycles. The van der Waals surface area contributed by atoms with Gasteiger partial charge in [0, 0.05) is 22.1 Å². The van der Waals surface area contributed by atoms with Crippen LogP contribution in [0, 0.1) is 0 Å². The summed E-state index contributed by atoms with van der Waals surface area (Å²) in [4.78, 5) is 13.9. The van der Waals surface area contributed by atoms with Gasteiger partial charge in [0.25, 0.3) is 0 Å². The van der Waals surface area contributed by atoms with Gasteiger partial charge in [0.05, 0.1) is 6.54 Å². The van der Waals surface area contributed by atoms with E-state index in [2.05, 4.69) is 15.9 Å². The minimum atomic E-state index is -0.516. The van der Waals surface area contributed by atoms with Gasteiger partial charge in [-0.3, -0.25) is 0 Å². The van der Waals surface area contributed by atoms with Crippen LogP contribution in [0.2, 0.25) is 5.02 Å². The minimum absolute atomic E-state index is 0.137. The third-order valence-electron chi connectivity index (χ3n) is 3.30. The molecule has 0 bridgehead atoms. The Morgan fingerprint density at radius 3 is 2.76 bits per heavy atom. The minimum Gasteiger partial charge on any atom is -0.444 e. The van der Waals surface area contributed by atoms with Gasteiger partial charge in [-0.05, 0) is 50.5 Å². The Morgan fingerprint density at radius 2 is 2.14 bits per heavy atom. The van der Waals surface area contributed by atoms with Crippen LogP contribution < -0.4 is 5.73 Å². The molecule has 2 N–H and O–H groups in total. The van der Waals surface area contributed by atoms with E-state index >= 15 is 0 Å². The first-order valence-corrected chi connectivity index (χ1v) is 8.06. The number of halogens is 2. The fraction of sp³-hybridized carbons (Fsp3) is 0.533. The molecule has 0 radical (unpaired) electrons. The number of fused-ring (bicyclic) bond motifs is 1. The summed E-state index contributed by atoms with van der Waals surface area (Å²) >= 11 is 9.76. The summed E-state index contributed by atoms with van der Waals surface area (Å²) in [5, 5.41) is 0.616. The topological polar surface area (TPSA) is 55.6 Å². The second kappa shape index (κ2) is 6.15. The lowest BCUT2D eigenvalue weighted by Crippen LogP contribution is -2.36. The van der Waals surface area contributed by atoms with Crippen molar-refractivity contribution in [3.63, 3.8) is 0 Å². The van der Waals surface area contributed by atoms with Crippen molar-refractivity contribution < 1.29 is 9.53 Å². The van der Waals surface area contributed by atoms with E-state index in [4.69, 9.17) is 22.1 Å². The first-order valence-electron chi connectivity index (χ1n) is 6.88. The highest BCUT2D eigenvalue weighted by molar-refractivity contribution is 9.10. The van der Waals surface area contributed by atoms with Crippen molar-refractivity contribution >= 4 is 33.6 Å². The van der Waals surface area contributed by atoms with Crippen LogP contribution in [0.5, 0.6) is 0 Å². The lowest BCUT2D eigenvalue weighted by atomic mass is 10.0. The average molecular weight is 376 g/mol. The third kappa shape index (κ3) is 4.11. The molecule has 0 aliphatic carbocycles. The largest absolute Gasteiger partial charge is 0.444 e. The monoisotopic (exact) mass is 374 g/mol. The molecule has 1 heterocycles. The maximum Gasteiger partial charge on any atom is 0.410 e. The van der Waals surface area contributed by atoms with Crippen molar-refractivity contribution in [2.45, 2.75) is 45.4 Å². The van der Waals surface area contributed by atoms with Crippen LogP contribution in [0.15, 0.2) is 16.6 Å². The number of carbonyl (C=O) groups excluding carboxylic acids is 1. The van der Waals surface area contributed by atoms with Crippen molar-refractivity contribution in [1.82, 2.24) is 4.90 Å². The van der Waals surface area contributed by atoms with Crippen LogP contribution in [0.3, 0.4) is 0 Å². The molecule has 1 aromatic carbocycles. The zero-order valence-corrected chi connectivity index (χ0v) is 14.8. The summed E-state index contributed by atoms with van der Waals surface area (Å²) in [6.45, 7) is 6.54. The van der Waals surface area contributed by atoms with Crippen molar-refractivity contribution in [2.24, 2.45) is 5.73 Å². The molecule has 1 atom stereocenters. The molecule has 0 aromatic heterocycles. The van der Waals surface area contributed by atoms with Gasteiger partial charge in [-0.1, -0.05) is 27.5 Å². The number of hydrogen-bond donors (Lipinski definition) is 1. The van der Waals surface area contributed by atoms with E-state index in [9.17, 15) is 4.79 Å². The van der Waals surface area contributed by atoms with Crippen molar-refractivity contribution in [2.75, 3.05) is 6.54 Å². The zero-order valence-electron chi connectivity index (χ0n) is 12.5. The third-order valence-corrected chi connectivity index (χ3v) is 4.10. The van der Waals surface area contributed by atoms with Crippen molar-refractivity contribution in [1.29, 1.82) is 0 Å². The Hall–Kier alpha value is -0.780. The summed E-state index contributed by atoms with van der Waals surface area (Å²) in [7, 11) is 0. The standard InChI is InChI=1S/C15H20BrClN2O2/c1-15(2,3)21-14(20)19-5-4-13(18)10-6-9(16)7-12(17)11(10)8-19/h6-7,13H,4-5,8,18H2,1-3H3. The van der Waals surface area contributed by atoms with Gasteiger partial charge in [0.2, 0.25) is 0 Å². The van der Waals surface area contributed by atoms with E-state index in [1.165, 1.54) is 0 Å². The molecule has 0 fully saturated rings. The molecule has 1 aliphatic heterocycles. The average Bonchev–Trinajstić information content (AvgIpc) is 2.48. The first kappa shape index (κ1) is 16.6. The van der Waals surface area contributed by atoms with Gasteiger partial charge in [0.1, 0.15) is 5.60 Å². The number of carbonyl (C=O) groups is 1. The summed E-state index contributed by atoms with van der Waals surface area (Å²) in [5.41, 5.74) is 7.58. The number of ether oxygens (including phenoxy) is 1. The van der Waals surface area contributed by atoms with Gasteiger partial charge in [-0.15, -0.1) is 0 Å². The first-order chi connectivity index (χ1) is 9.67. The summed E-state index contributed by atoms with van der Waals surface area (Å²) in [6, 6.07) is 3.67. The fourth-order valence-electron chi connectivity index (χ4n) is 2.32. The molecular weight excluding hydrogens is 356 g/mol. The maximum absolute atomic E-state index is 12.3. The van der Waals surface area contributed by atoms with Crippen LogP contribution in [-0.4, -0.2) is 23.1 Å². The molecule has 4 nitrogen and oxygen atoms in total. The van der Waals surface area contributed by atoms with E-state index in [1.54, 1.807) is 4.90 Å². The normalized spacial score (nSPS) is 19.0. The van der Waals surface area contributed by atoms with Crippen molar-refractivity contribution in [3.8, 4) is 0 Å². The number of amides is 1. The Balaban J connectivity index is 2.29. The molecule has 1 unspecified atom stereocenters. The number of rotatable bonds is 0. The Labute approximate surface area is 138 Å². The molecule has 21 heavy (non-hydrogen) atoms. The quantitative estimate of drug-likeness (QED) is 0.738. The van der Waals surface area contributed by atoms with Gasteiger partial charge in [0.15, 0.2) is 0 Å². The van der Waals surface area contributed by atoms with Crippen LogP contribution >= 0.6 is 27.5 Å². The number of nitrogens with zero attached hydrogens (tertiary/aromatic N) is 1. The molecule has 0 saturated carbocycles. The number of hydrogen-bond acceptors (Lipinski definition) is 3. The Bertz CT molecular complexity index is 557. The molecule has 6 heteroatoms. The van der Waals surface area contributed by atoms with Gasteiger partial charge in [-0.25, -0.2) is 4.79 Å². The molecular formula is C15H20BrClN2O2. The van der Waals surface area contributed by atoms with E-state index in [0.29, 0.717) is 24.5 Å². The highest BCUT2D eigenvalue weighted by Crippen LogP contribution is 2.33. The predicted octanol–water partition coefficient (Wildman–Crippen LogP) is 4.24. The van der Waals surface area contributed by atoms with Crippen LogP contribution in [-0.2, 0) is 11.3 Å². The number of nitrogens with two attached hydrogens (primary N) is 1. The second-order valence-electron chi connectivity index (χ2n) is 6.25. The summed E-state index contributed by atoms with van der Waals surface area (Å²) in [5.74, 6) is 0. The van der Waals surface area contributed by atoms with E-state index in [1.807, 2.05) is 32.9 Å². The second-order valence-corrected chi connectivity index (χ2v) is 7.58. The van der Waals surface area contributed by atoms with Gasteiger partial charge < -0.3 is 15.4 Å². The Kier molecular flexibility index (Phi) is 4.85.